The van der Waals surface area contributed by atoms with Crippen molar-refractivity contribution < 1.29 is 9.84 Å². The molecule has 1 N–H and O–H groups in total. The van der Waals surface area contributed by atoms with Gasteiger partial charge >= 0.3 is 0 Å². The quantitative estimate of drug-likeness (QED) is 0.840. The van der Waals surface area contributed by atoms with Gasteiger partial charge in [0.05, 0.1) is 19.0 Å². The van der Waals surface area contributed by atoms with Crippen molar-refractivity contribution in [3.63, 3.8) is 0 Å². The highest BCUT2D eigenvalue weighted by Crippen LogP contribution is 2.42. The topological polar surface area (TPSA) is 54.7 Å². The molecule has 0 aliphatic heterocycles. The van der Waals surface area contributed by atoms with Crippen molar-refractivity contribution in [2.75, 3.05) is 7.11 Å². The first-order chi connectivity index (χ1) is 11.3. The Bertz CT molecular complexity index is 677. The highest BCUT2D eigenvalue weighted by molar-refractivity contribution is 5.81. The Labute approximate surface area is 136 Å². The minimum atomic E-state index is 0.0826. The van der Waals surface area contributed by atoms with Gasteiger partial charge in [0.1, 0.15) is 5.69 Å². The van der Waals surface area contributed by atoms with E-state index in [-0.39, 0.29) is 5.75 Å². The zero-order valence-corrected chi connectivity index (χ0v) is 13.4. The van der Waals surface area contributed by atoms with Gasteiger partial charge in [-0.05, 0) is 48.6 Å². The Hall–Kier alpha value is -2.36. The molecule has 0 radical (unpaired) electrons. The Balaban J connectivity index is 1.93. The second kappa shape index (κ2) is 7.27. The first-order valence-electron chi connectivity index (χ1n) is 8.14. The second-order valence-corrected chi connectivity index (χ2v) is 5.94. The molecule has 1 aliphatic rings. The van der Waals surface area contributed by atoms with Crippen LogP contribution in [0.2, 0.25) is 0 Å². The molecule has 2 aromatic rings. The largest absolute Gasteiger partial charge is 0.503 e. The number of benzene rings is 1. The van der Waals surface area contributed by atoms with Gasteiger partial charge in [-0.1, -0.05) is 25.3 Å². The average molecular weight is 310 g/mol. The van der Waals surface area contributed by atoms with Crippen LogP contribution in [0.3, 0.4) is 0 Å². The Morgan fingerprint density at radius 3 is 2.74 bits per heavy atom. The monoisotopic (exact) mass is 310 g/mol. The van der Waals surface area contributed by atoms with E-state index < -0.39 is 0 Å². The zero-order valence-electron chi connectivity index (χ0n) is 13.4. The molecule has 0 bridgehead atoms. The van der Waals surface area contributed by atoms with Crippen LogP contribution < -0.4 is 4.74 Å². The molecule has 3 rings (SSSR count). The van der Waals surface area contributed by atoms with Crippen LogP contribution in [-0.4, -0.2) is 23.4 Å². The van der Waals surface area contributed by atoms with E-state index in [1.165, 1.54) is 37.7 Å². The first-order valence-corrected chi connectivity index (χ1v) is 8.14. The summed E-state index contributed by atoms with van der Waals surface area (Å²) >= 11 is 0. The Kier molecular flexibility index (Phi) is 4.91. The molecule has 1 heterocycles. The lowest BCUT2D eigenvalue weighted by molar-refractivity contribution is 0.372. The number of methoxy groups -OCH3 is 1. The minimum absolute atomic E-state index is 0.0826. The zero-order chi connectivity index (χ0) is 16.1. The van der Waals surface area contributed by atoms with Crippen LogP contribution in [0, 0.1) is 0 Å². The Morgan fingerprint density at radius 2 is 2.04 bits per heavy atom. The van der Waals surface area contributed by atoms with Crippen molar-refractivity contribution in [1.29, 1.82) is 0 Å². The summed E-state index contributed by atoms with van der Waals surface area (Å²) in [5, 5.41) is 10.3. The number of phenols is 1. The van der Waals surface area contributed by atoms with E-state index in [4.69, 9.17) is 4.74 Å². The molecule has 0 unspecified atom stereocenters. The van der Waals surface area contributed by atoms with E-state index in [1.54, 1.807) is 19.5 Å². The molecule has 1 aromatic carbocycles. The van der Waals surface area contributed by atoms with Gasteiger partial charge in [-0.25, -0.2) is 0 Å². The molecular formula is C19H22N2O2. The molecular weight excluding hydrogens is 288 g/mol. The van der Waals surface area contributed by atoms with Gasteiger partial charge in [0.2, 0.25) is 0 Å². The number of phenolic OH excluding ortho intramolecular Hbond substituents is 1. The van der Waals surface area contributed by atoms with Crippen molar-refractivity contribution in [2.24, 2.45) is 4.99 Å². The smallest absolute Gasteiger partial charge is 0.183 e. The van der Waals surface area contributed by atoms with Crippen LogP contribution in [-0.2, 0) is 0 Å². The van der Waals surface area contributed by atoms with E-state index in [2.05, 4.69) is 9.98 Å². The van der Waals surface area contributed by atoms with E-state index >= 15 is 0 Å². The summed E-state index contributed by atoms with van der Waals surface area (Å²) in [4.78, 5) is 8.64. The normalized spacial score (nSPS) is 15.9. The van der Waals surface area contributed by atoms with E-state index in [0.717, 1.165) is 5.69 Å². The molecule has 1 aromatic heterocycles. The molecule has 4 nitrogen and oxygen atoms in total. The highest BCUT2D eigenvalue weighted by Gasteiger charge is 2.19. The third-order valence-corrected chi connectivity index (χ3v) is 4.40. The highest BCUT2D eigenvalue weighted by atomic mass is 16.5. The summed E-state index contributed by atoms with van der Waals surface area (Å²) in [7, 11) is 1.58. The maximum Gasteiger partial charge on any atom is 0.183 e. The molecule has 0 saturated heterocycles. The van der Waals surface area contributed by atoms with Crippen molar-refractivity contribution in [3.8, 4) is 11.5 Å². The van der Waals surface area contributed by atoms with Crippen molar-refractivity contribution >= 4 is 11.9 Å². The van der Waals surface area contributed by atoms with E-state index in [9.17, 15) is 5.11 Å². The predicted octanol–water partition coefficient (Wildman–Crippen LogP) is 4.59. The first kappa shape index (κ1) is 15.5. The molecule has 23 heavy (non-hydrogen) atoms. The second-order valence-electron chi connectivity index (χ2n) is 5.94. The number of pyridine rings is 1. The maximum atomic E-state index is 10.3. The fourth-order valence-corrected chi connectivity index (χ4v) is 3.13. The summed E-state index contributed by atoms with van der Waals surface area (Å²) in [6.45, 7) is 0. The fourth-order valence-electron chi connectivity index (χ4n) is 3.13. The van der Waals surface area contributed by atoms with Gasteiger partial charge in [-0.2, -0.15) is 0 Å². The van der Waals surface area contributed by atoms with Crippen molar-refractivity contribution in [2.45, 2.75) is 38.0 Å². The van der Waals surface area contributed by atoms with Crippen LogP contribution in [0.25, 0.3) is 0 Å². The van der Waals surface area contributed by atoms with E-state index in [1.807, 2.05) is 30.3 Å². The predicted molar refractivity (Wildman–Crippen MR) is 92.0 cm³/mol. The van der Waals surface area contributed by atoms with Gasteiger partial charge in [-0.15, -0.1) is 0 Å². The van der Waals surface area contributed by atoms with E-state index in [0.29, 0.717) is 17.4 Å². The van der Waals surface area contributed by atoms with Gasteiger partial charge < -0.3 is 9.84 Å². The molecule has 0 spiro atoms. The fraction of sp³-hybridized carbons (Fsp3) is 0.368. The SMILES string of the molecule is COc1cc(C2CCCCC2)cc(N=Cc2ccccn2)c1O. The van der Waals surface area contributed by atoms with Crippen LogP contribution in [0.4, 0.5) is 5.69 Å². The maximum absolute atomic E-state index is 10.3. The molecule has 1 aliphatic carbocycles. The van der Waals surface area contributed by atoms with Crippen LogP contribution >= 0.6 is 0 Å². The molecule has 1 fully saturated rings. The number of ether oxygens (including phenoxy) is 1. The van der Waals surface area contributed by atoms with Gasteiger partial charge in [0.25, 0.3) is 0 Å². The third-order valence-electron chi connectivity index (χ3n) is 4.40. The summed E-state index contributed by atoms with van der Waals surface area (Å²) in [6, 6.07) is 9.58. The number of hydrogen-bond donors (Lipinski definition) is 1. The van der Waals surface area contributed by atoms with Crippen molar-refractivity contribution in [1.82, 2.24) is 4.98 Å². The standard InChI is InChI=1S/C19H22N2O2/c1-23-18-12-15(14-7-3-2-4-8-14)11-17(19(18)22)21-13-16-9-5-6-10-20-16/h5-6,9-14,22H,2-4,7-8H2,1H3. The third kappa shape index (κ3) is 3.70. The number of rotatable bonds is 4. The summed E-state index contributed by atoms with van der Waals surface area (Å²) in [6.07, 6.45) is 9.62. The number of aliphatic imine (C=N–C) groups is 1. The van der Waals surface area contributed by atoms with Crippen molar-refractivity contribution in [3.05, 3.63) is 47.8 Å². The lowest BCUT2D eigenvalue weighted by Gasteiger charge is -2.23. The number of nitrogens with zero attached hydrogens (tertiary/aromatic N) is 2. The molecule has 0 amide bonds. The average Bonchev–Trinajstić information content (AvgIpc) is 2.62. The molecule has 0 atom stereocenters. The minimum Gasteiger partial charge on any atom is -0.503 e. The summed E-state index contributed by atoms with van der Waals surface area (Å²) in [5.74, 6) is 1.10. The number of aromatic nitrogens is 1. The molecule has 1 saturated carbocycles. The van der Waals surface area contributed by atoms with Gasteiger partial charge in [0.15, 0.2) is 11.5 Å². The summed E-state index contributed by atoms with van der Waals surface area (Å²) in [5.41, 5.74) is 2.50. The number of aromatic hydroxyl groups is 1. The lowest BCUT2D eigenvalue weighted by atomic mass is 9.84. The molecule has 120 valence electrons. The van der Waals surface area contributed by atoms with Crippen LogP contribution in [0.5, 0.6) is 11.5 Å². The van der Waals surface area contributed by atoms with Crippen LogP contribution in [0.1, 0.15) is 49.3 Å². The number of hydrogen-bond acceptors (Lipinski definition) is 4. The van der Waals surface area contributed by atoms with Gasteiger partial charge in [0, 0.05) is 6.20 Å². The molecule has 4 heteroatoms. The lowest BCUT2D eigenvalue weighted by Crippen LogP contribution is -2.04. The van der Waals surface area contributed by atoms with Crippen LogP contribution in [0.15, 0.2) is 41.5 Å². The summed E-state index contributed by atoms with van der Waals surface area (Å²) < 4.78 is 5.33. The van der Waals surface area contributed by atoms with Gasteiger partial charge in [-0.3, -0.25) is 9.98 Å². The Morgan fingerprint density at radius 1 is 1.22 bits per heavy atom.